The number of amides is 1. The monoisotopic (exact) mass is 313 g/mol. The first-order valence-electron chi connectivity index (χ1n) is 7.83. The lowest BCUT2D eigenvalue weighted by atomic mass is 9.93. The second-order valence-electron chi connectivity index (χ2n) is 5.80. The molecule has 4 heteroatoms. The zero-order valence-electron chi connectivity index (χ0n) is 13.3. The molecule has 0 radical (unpaired) electrons. The molecule has 0 aliphatic heterocycles. The molecule has 0 saturated carbocycles. The highest BCUT2D eigenvalue weighted by Crippen LogP contribution is 2.21. The van der Waals surface area contributed by atoms with Crippen LogP contribution in [0, 0.1) is 0 Å². The molecule has 0 heterocycles. The molecule has 2 rings (SSSR count). The summed E-state index contributed by atoms with van der Waals surface area (Å²) in [7, 11) is 0. The molecule has 2 aromatic rings. The number of aliphatic hydroxyl groups is 1. The molecule has 0 aliphatic carbocycles. The van der Waals surface area contributed by atoms with Gasteiger partial charge in [-0.2, -0.15) is 0 Å². The zero-order chi connectivity index (χ0) is 16.7. The Morgan fingerprint density at radius 1 is 1.09 bits per heavy atom. The minimum atomic E-state index is -0.435. The normalized spacial score (nSPS) is 13.3. The maximum absolute atomic E-state index is 12.1. The van der Waals surface area contributed by atoms with Crippen LogP contribution < -0.4 is 5.32 Å². The molecular formula is C19H23NO3. The Kier molecular flexibility index (Phi) is 6.18. The lowest BCUT2D eigenvalue weighted by Gasteiger charge is -2.19. The molecular weight excluding hydrogens is 290 g/mol. The lowest BCUT2D eigenvalue weighted by molar-refractivity contribution is -0.120. The van der Waals surface area contributed by atoms with Crippen LogP contribution in [0.2, 0.25) is 0 Å². The van der Waals surface area contributed by atoms with E-state index in [2.05, 4.69) is 5.32 Å². The highest BCUT2D eigenvalue weighted by molar-refractivity contribution is 5.79. The molecule has 0 spiro atoms. The third kappa shape index (κ3) is 5.42. The van der Waals surface area contributed by atoms with Crippen LogP contribution in [0.25, 0.3) is 0 Å². The Morgan fingerprint density at radius 2 is 1.74 bits per heavy atom. The molecule has 0 fully saturated rings. The number of carbonyl (C=O) groups is 1. The van der Waals surface area contributed by atoms with E-state index in [0.717, 1.165) is 5.56 Å². The van der Waals surface area contributed by atoms with Crippen molar-refractivity contribution in [3.8, 4) is 5.75 Å². The number of rotatable bonds is 7. The number of carbonyl (C=O) groups excluding carboxylic acids is 1. The van der Waals surface area contributed by atoms with Crippen LogP contribution in [0.4, 0.5) is 0 Å². The Bertz CT molecular complexity index is 626. The minimum absolute atomic E-state index is 0.0597. The van der Waals surface area contributed by atoms with Gasteiger partial charge in [0, 0.05) is 18.0 Å². The zero-order valence-corrected chi connectivity index (χ0v) is 13.3. The molecule has 2 unspecified atom stereocenters. The van der Waals surface area contributed by atoms with Crippen molar-refractivity contribution in [1.29, 1.82) is 0 Å². The molecule has 3 N–H and O–H groups in total. The molecule has 2 atom stereocenters. The number of aromatic hydroxyl groups is 1. The molecule has 0 bridgehead atoms. The van der Waals surface area contributed by atoms with Gasteiger partial charge in [-0.15, -0.1) is 0 Å². The van der Waals surface area contributed by atoms with Gasteiger partial charge in [0.05, 0.1) is 12.5 Å². The standard InChI is InChI=1S/C19H23NO3/c1-14(21)11-17(15-7-3-2-4-8-15)13-20-19(23)12-16-9-5-6-10-18(16)22/h2-10,14,17,21-22H,11-13H2,1H3,(H,20,23). The van der Waals surface area contributed by atoms with Crippen LogP contribution in [-0.4, -0.2) is 28.8 Å². The number of phenols is 1. The maximum Gasteiger partial charge on any atom is 0.224 e. The van der Waals surface area contributed by atoms with Crippen LogP contribution >= 0.6 is 0 Å². The Hall–Kier alpha value is -2.33. The second-order valence-corrected chi connectivity index (χ2v) is 5.80. The molecule has 0 saturated heterocycles. The molecule has 1 amide bonds. The summed E-state index contributed by atoms with van der Waals surface area (Å²) in [5, 5.41) is 22.3. The smallest absolute Gasteiger partial charge is 0.224 e. The molecule has 4 nitrogen and oxygen atoms in total. The van der Waals surface area contributed by atoms with E-state index in [9.17, 15) is 15.0 Å². The van der Waals surface area contributed by atoms with Crippen LogP contribution in [0.1, 0.15) is 30.4 Å². The topological polar surface area (TPSA) is 69.6 Å². The van der Waals surface area contributed by atoms with E-state index >= 15 is 0 Å². The van der Waals surface area contributed by atoms with Crippen molar-refractivity contribution in [2.45, 2.75) is 31.8 Å². The number of aliphatic hydroxyl groups excluding tert-OH is 1. The van der Waals surface area contributed by atoms with Crippen molar-refractivity contribution in [2.75, 3.05) is 6.54 Å². The molecule has 122 valence electrons. The van der Waals surface area contributed by atoms with Gasteiger partial charge >= 0.3 is 0 Å². The molecule has 0 aliphatic rings. The third-order valence-corrected chi connectivity index (χ3v) is 3.78. The second kappa shape index (κ2) is 8.34. The number of nitrogens with one attached hydrogen (secondary N) is 1. The quantitative estimate of drug-likeness (QED) is 0.736. The number of benzene rings is 2. The van der Waals surface area contributed by atoms with Crippen LogP contribution in [0.15, 0.2) is 54.6 Å². The summed E-state index contributed by atoms with van der Waals surface area (Å²) >= 11 is 0. The van der Waals surface area contributed by atoms with Gasteiger partial charge in [0.15, 0.2) is 0 Å². The fourth-order valence-corrected chi connectivity index (χ4v) is 2.61. The Balaban J connectivity index is 1.95. The van der Waals surface area contributed by atoms with Gasteiger partial charge in [0.2, 0.25) is 5.91 Å². The first kappa shape index (κ1) is 17.0. The maximum atomic E-state index is 12.1. The predicted octanol–water partition coefficient (Wildman–Crippen LogP) is 2.61. The molecule has 2 aromatic carbocycles. The highest BCUT2D eigenvalue weighted by Gasteiger charge is 2.16. The van der Waals surface area contributed by atoms with Crippen molar-refractivity contribution in [2.24, 2.45) is 0 Å². The fraction of sp³-hybridized carbons (Fsp3) is 0.316. The van der Waals surface area contributed by atoms with Crippen LogP contribution in [0.5, 0.6) is 5.75 Å². The van der Waals surface area contributed by atoms with Crippen molar-refractivity contribution >= 4 is 5.91 Å². The van der Waals surface area contributed by atoms with E-state index in [1.165, 1.54) is 0 Å². The highest BCUT2D eigenvalue weighted by atomic mass is 16.3. The summed E-state index contributed by atoms with van der Waals surface area (Å²) in [6.07, 6.45) is 0.291. The van der Waals surface area contributed by atoms with Crippen molar-refractivity contribution in [3.63, 3.8) is 0 Å². The van der Waals surface area contributed by atoms with Crippen LogP contribution in [0.3, 0.4) is 0 Å². The fourth-order valence-electron chi connectivity index (χ4n) is 2.61. The average molecular weight is 313 g/mol. The van der Waals surface area contributed by atoms with E-state index in [-0.39, 0.29) is 24.0 Å². The summed E-state index contributed by atoms with van der Waals surface area (Å²) in [6.45, 7) is 2.21. The number of phenolic OH excluding ortho intramolecular Hbond substituents is 1. The summed E-state index contributed by atoms with van der Waals surface area (Å²) in [4.78, 5) is 12.1. The number of para-hydroxylation sites is 1. The predicted molar refractivity (Wildman–Crippen MR) is 90.3 cm³/mol. The van der Waals surface area contributed by atoms with Gasteiger partial charge in [0.1, 0.15) is 5.75 Å². The van der Waals surface area contributed by atoms with Gasteiger partial charge in [-0.1, -0.05) is 48.5 Å². The third-order valence-electron chi connectivity index (χ3n) is 3.78. The molecule has 0 aromatic heterocycles. The van der Waals surface area contributed by atoms with E-state index in [4.69, 9.17) is 0 Å². The Labute approximate surface area is 136 Å². The summed E-state index contributed by atoms with van der Waals surface area (Å²) < 4.78 is 0. The minimum Gasteiger partial charge on any atom is -0.508 e. The summed E-state index contributed by atoms with van der Waals surface area (Å²) in [5.74, 6) is 0.0498. The van der Waals surface area contributed by atoms with E-state index < -0.39 is 6.10 Å². The van der Waals surface area contributed by atoms with Gasteiger partial charge < -0.3 is 15.5 Å². The first-order chi connectivity index (χ1) is 11.1. The van der Waals surface area contributed by atoms with E-state index in [0.29, 0.717) is 18.5 Å². The van der Waals surface area contributed by atoms with Crippen molar-refractivity contribution in [3.05, 3.63) is 65.7 Å². The average Bonchev–Trinajstić information content (AvgIpc) is 2.54. The molecule has 23 heavy (non-hydrogen) atoms. The van der Waals surface area contributed by atoms with Crippen LogP contribution in [-0.2, 0) is 11.2 Å². The van der Waals surface area contributed by atoms with Crippen molar-refractivity contribution < 1.29 is 15.0 Å². The van der Waals surface area contributed by atoms with Gasteiger partial charge in [-0.05, 0) is 25.0 Å². The van der Waals surface area contributed by atoms with Gasteiger partial charge in [-0.3, -0.25) is 4.79 Å². The van der Waals surface area contributed by atoms with Gasteiger partial charge in [-0.25, -0.2) is 0 Å². The SMILES string of the molecule is CC(O)CC(CNC(=O)Cc1ccccc1O)c1ccccc1. The van der Waals surface area contributed by atoms with E-state index in [1.807, 2.05) is 30.3 Å². The number of hydrogen-bond donors (Lipinski definition) is 3. The van der Waals surface area contributed by atoms with E-state index in [1.54, 1.807) is 31.2 Å². The number of hydrogen-bond acceptors (Lipinski definition) is 3. The first-order valence-corrected chi connectivity index (χ1v) is 7.83. The summed E-state index contributed by atoms with van der Waals surface area (Å²) in [5.41, 5.74) is 1.70. The van der Waals surface area contributed by atoms with Crippen molar-refractivity contribution in [1.82, 2.24) is 5.32 Å². The Morgan fingerprint density at radius 3 is 2.39 bits per heavy atom. The summed E-state index contributed by atoms with van der Waals surface area (Å²) in [6, 6.07) is 16.7. The lowest BCUT2D eigenvalue weighted by Crippen LogP contribution is -2.30. The largest absolute Gasteiger partial charge is 0.508 e. The van der Waals surface area contributed by atoms with Gasteiger partial charge in [0.25, 0.3) is 0 Å².